The monoisotopic (exact) mass is 263 g/mol. The largest absolute Gasteiger partial charge is 0.344 e. The van der Waals surface area contributed by atoms with Gasteiger partial charge in [-0.2, -0.15) is 0 Å². The van der Waals surface area contributed by atoms with Gasteiger partial charge in [0.2, 0.25) is 0 Å². The zero-order valence-electron chi connectivity index (χ0n) is 11.1. The second-order valence-corrected chi connectivity index (χ2v) is 5.38. The van der Waals surface area contributed by atoms with E-state index >= 15 is 0 Å². The summed E-state index contributed by atoms with van der Waals surface area (Å²) in [5.74, 6) is 0.937. The summed E-state index contributed by atoms with van der Waals surface area (Å²) in [4.78, 5) is 8.03. The van der Waals surface area contributed by atoms with Gasteiger partial charge in [-0.15, -0.1) is 0 Å². The number of imidazole rings is 1. The van der Waals surface area contributed by atoms with Gasteiger partial charge >= 0.3 is 0 Å². The molecule has 0 bridgehead atoms. The van der Waals surface area contributed by atoms with E-state index < -0.39 is 0 Å². The van der Waals surface area contributed by atoms with Crippen LogP contribution in [0.1, 0.15) is 25.4 Å². The van der Waals surface area contributed by atoms with Crippen LogP contribution in [0.25, 0.3) is 11.3 Å². The first-order valence-corrected chi connectivity index (χ1v) is 6.34. The number of nitrogens with zero attached hydrogens (tertiary/aromatic N) is 1. The van der Waals surface area contributed by atoms with Gasteiger partial charge in [-0.1, -0.05) is 23.7 Å². The van der Waals surface area contributed by atoms with Crippen molar-refractivity contribution in [1.82, 2.24) is 15.3 Å². The van der Waals surface area contributed by atoms with Gasteiger partial charge < -0.3 is 10.3 Å². The van der Waals surface area contributed by atoms with E-state index in [1.165, 1.54) is 0 Å². The molecule has 0 aliphatic carbocycles. The predicted molar refractivity (Wildman–Crippen MR) is 75.9 cm³/mol. The number of rotatable bonds is 3. The van der Waals surface area contributed by atoms with Crippen LogP contribution in [0.3, 0.4) is 0 Å². The molecule has 4 heteroatoms. The number of halogens is 1. The molecule has 0 saturated heterocycles. The molecule has 2 aromatic rings. The first kappa shape index (κ1) is 13.1. The molecule has 2 N–H and O–H groups in total. The Bertz CT molecular complexity index is 541. The molecule has 96 valence electrons. The van der Waals surface area contributed by atoms with Crippen LogP contribution in [0.15, 0.2) is 24.3 Å². The molecule has 0 aliphatic heterocycles. The summed E-state index contributed by atoms with van der Waals surface area (Å²) < 4.78 is 0. The van der Waals surface area contributed by atoms with Gasteiger partial charge in [0.25, 0.3) is 0 Å². The number of aryl methyl sites for hydroxylation is 1. The smallest absolute Gasteiger partial charge is 0.126 e. The minimum absolute atomic E-state index is 0.171. The number of H-pyrrole nitrogens is 1. The average Bonchev–Trinajstić information content (AvgIpc) is 2.73. The second kappa shape index (κ2) is 4.75. The molecule has 2 rings (SSSR count). The molecule has 3 nitrogen and oxygen atoms in total. The molecule has 0 spiro atoms. The first-order chi connectivity index (χ1) is 8.44. The minimum Gasteiger partial charge on any atom is -0.344 e. The molecule has 1 heterocycles. The van der Waals surface area contributed by atoms with E-state index in [0.717, 1.165) is 27.8 Å². The number of aromatic amines is 1. The number of aromatic nitrogens is 2. The average molecular weight is 264 g/mol. The fraction of sp³-hybridized carbons (Fsp3) is 0.357. The maximum Gasteiger partial charge on any atom is 0.126 e. The summed E-state index contributed by atoms with van der Waals surface area (Å²) in [6.45, 7) is 6.22. The van der Waals surface area contributed by atoms with Gasteiger partial charge in [0, 0.05) is 16.3 Å². The van der Waals surface area contributed by atoms with E-state index in [4.69, 9.17) is 16.6 Å². The van der Waals surface area contributed by atoms with E-state index in [2.05, 4.69) is 24.1 Å². The van der Waals surface area contributed by atoms with Crippen LogP contribution in [0, 0.1) is 6.92 Å². The predicted octanol–water partition coefficient (Wildman–Crippen LogP) is 3.49. The summed E-state index contributed by atoms with van der Waals surface area (Å²) in [6.07, 6.45) is 0. The van der Waals surface area contributed by atoms with Crippen molar-refractivity contribution >= 4 is 11.6 Å². The van der Waals surface area contributed by atoms with E-state index in [-0.39, 0.29) is 5.54 Å². The van der Waals surface area contributed by atoms with E-state index in [1.807, 2.05) is 38.2 Å². The first-order valence-electron chi connectivity index (χ1n) is 5.96. The molecule has 0 unspecified atom stereocenters. The van der Waals surface area contributed by atoms with Crippen LogP contribution in [0.4, 0.5) is 0 Å². The van der Waals surface area contributed by atoms with Crippen molar-refractivity contribution in [3.8, 4) is 11.3 Å². The zero-order chi connectivity index (χ0) is 13.3. The van der Waals surface area contributed by atoms with Crippen LogP contribution in [-0.4, -0.2) is 17.0 Å². The van der Waals surface area contributed by atoms with Gasteiger partial charge in [0.1, 0.15) is 5.82 Å². The van der Waals surface area contributed by atoms with Crippen molar-refractivity contribution in [2.24, 2.45) is 0 Å². The summed E-state index contributed by atoms with van der Waals surface area (Å²) in [6, 6.07) is 7.74. The third-order valence-corrected chi connectivity index (χ3v) is 3.47. The number of hydrogen-bond donors (Lipinski definition) is 2. The number of nitrogens with one attached hydrogen (secondary N) is 2. The van der Waals surface area contributed by atoms with Crippen LogP contribution >= 0.6 is 11.6 Å². The van der Waals surface area contributed by atoms with Gasteiger partial charge in [0.15, 0.2) is 0 Å². The molecule has 1 aromatic heterocycles. The standard InChI is InChI=1S/C14H18ClN3/c1-9-12(10-5-7-11(15)8-6-10)18-13(17-9)14(2,3)16-4/h5-8,16H,1-4H3,(H,17,18). The van der Waals surface area contributed by atoms with Crippen LogP contribution < -0.4 is 5.32 Å². The highest BCUT2D eigenvalue weighted by molar-refractivity contribution is 6.30. The third-order valence-electron chi connectivity index (χ3n) is 3.22. The minimum atomic E-state index is -0.171. The molecule has 1 aromatic carbocycles. The quantitative estimate of drug-likeness (QED) is 0.890. The van der Waals surface area contributed by atoms with Crippen LogP contribution in [0.2, 0.25) is 5.02 Å². The Balaban J connectivity index is 2.44. The zero-order valence-corrected chi connectivity index (χ0v) is 11.9. The van der Waals surface area contributed by atoms with Gasteiger partial charge in [0.05, 0.1) is 11.2 Å². The Morgan fingerprint density at radius 3 is 2.39 bits per heavy atom. The van der Waals surface area contributed by atoms with Gasteiger partial charge in [-0.05, 0) is 40.0 Å². The molecular weight excluding hydrogens is 246 g/mol. The highest BCUT2D eigenvalue weighted by atomic mass is 35.5. The lowest BCUT2D eigenvalue weighted by molar-refractivity contribution is 0.420. The fourth-order valence-electron chi connectivity index (χ4n) is 1.76. The lowest BCUT2D eigenvalue weighted by Gasteiger charge is -2.20. The Hall–Kier alpha value is -1.32. The Morgan fingerprint density at radius 2 is 1.83 bits per heavy atom. The normalized spacial score (nSPS) is 11.8. The van der Waals surface area contributed by atoms with E-state index in [9.17, 15) is 0 Å². The molecule has 18 heavy (non-hydrogen) atoms. The molecule has 0 radical (unpaired) electrons. The Kier molecular flexibility index (Phi) is 3.46. The molecule has 0 atom stereocenters. The van der Waals surface area contributed by atoms with E-state index in [1.54, 1.807) is 0 Å². The van der Waals surface area contributed by atoms with Gasteiger partial charge in [-0.3, -0.25) is 0 Å². The van der Waals surface area contributed by atoms with Crippen LogP contribution in [-0.2, 0) is 5.54 Å². The molecule has 0 aliphatic rings. The van der Waals surface area contributed by atoms with Gasteiger partial charge in [-0.25, -0.2) is 4.98 Å². The lowest BCUT2D eigenvalue weighted by atomic mass is 10.1. The summed E-state index contributed by atoms with van der Waals surface area (Å²) in [5, 5.41) is 3.98. The summed E-state index contributed by atoms with van der Waals surface area (Å²) >= 11 is 5.90. The maximum absolute atomic E-state index is 5.90. The SMILES string of the molecule is CNC(C)(C)c1nc(-c2ccc(Cl)cc2)c(C)[nH]1. The topological polar surface area (TPSA) is 40.7 Å². The van der Waals surface area contributed by atoms with Crippen molar-refractivity contribution in [2.75, 3.05) is 7.05 Å². The van der Waals surface area contributed by atoms with Crippen LogP contribution in [0.5, 0.6) is 0 Å². The molecule has 0 fully saturated rings. The molecule has 0 saturated carbocycles. The summed E-state index contributed by atoms with van der Waals surface area (Å²) in [5.41, 5.74) is 2.95. The second-order valence-electron chi connectivity index (χ2n) is 4.94. The molecule has 0 amide bonds. The number of benzene rings is 1. The Morgan fingerprint density at radius 1 is 1.22 bits per heavy atom. The highest BCUT2D eigenvalue weighted by Gasteiger charge is 2.23. The van der Waals surface area contributed by atoms with Crippen molar-refractivity contribution < 1.29 is 0 Å². The Labute approximate surface area is 113 Å². The molecular formula is C14H18ClN3. The fourth-order valence-corrected chi connectivity index (χ4v) is 1.89. The lowest BCUT2D eigenvalue weighted by Crippen LogP contribution is -2.34. The van der Waals surface area contributed by atoms with E-state index in [0.29, 0.717) is 0 Å². The summed E-state index contributed by atoms with van der Waals surface area (Å²) in [7, 11) is 1.93. The van der Waals surface area contributed by atoms with Crippen molar-refractivity contribution in [1.29, 1.82) is 0 Å². The van der Waals surface area contributed by atoms with Crippen molar-refractivity contribution in [2.45, 2.75) is 26.3 Å². The van der Waals surface area contributed by atoms with Crippen molar-refractivity contribution in [3.05, 3.63) is 40.8 Å². The van der Waals surface area contributed by atoms with Crippen molar-refractivity contribution in [3.63, 3.8) is 0 Å². The maximum atomic E-state index is 5.90. The highest BCUT2D eigenvalue weighted by Crippen LogP contribution is 2.26. The third kappa shape index (κ3) is 2.42. The number of hydrogen-bond acceptors (Lipinski definition) is 2.